The first-order valence-electron chi connectivity index (χ1n) is 12.9. The van der Waals surface area contributed by atoms with Crippen LogP contribution in [0.4, 0.5) is 5.82 Å². The van der Waals surface area contributed by atoms with E-state index in [0.29, 0.717) is 38.7 Å². The third-order valence-corrected chi connectivity index (χ3v) is 8.33. The molecule has 0 bridgehead atoms. The van der Waals surface area contributed by atoms with Gasteiger partial charge in [-0.3, -0.25) is 18.9 Å². The molecule has 35 heavy (non-hydrogen) atoms. The standard InChI is InChI=1S/C27H36N4O2S2/c1-4-5-6-7-8-9-14-30-26(33)22(35-27(30)34)17-21-24(29-15-12-19(2)13-16-29)28-23-11-10-20(3)18-31(23)25(21)32/h10-11,17-19H,4-9,12-16H2,1-3H3. The SMILES string of the molecule is CCCCCCCCN1C(=O)C(=Cc2c(N3CCC(C)CC3)nc3ccc(C)cn3c2=O)SC1=S. The number of unbranched alkanes of at least 4 members (excludes halogenated alkanes) is 5. The van der Waals surface area contributed by atoms with Crippen LogP contribution < -0.4 is 10.5 Å². The van der Waals surface area contributed by atoms with E-state index in [0.717, 1.165) is 44.3 Å². The van der Waals surface area contributed by atoms with Crippen molar-refractivity contribution in [2.24, 2.45) is 5.92 Å². The maximum Gasteiger partial charge on any atom is 0.267 e. The minimum Gasteiger partial charge on any atom is -0.356 e. The van der Waals surface area contributed by atoms with Gasteiger partial charge in [0.2, 0.25) is 0 Å². The number of hydrogen-bond donors (Lipinski definition) is 0. The molecule has 2 aromatic rings. The molecular formula is C27H36N4O2S2. The lowest BCUT2D eigenvalue weighted by Crippen LogP contribution is -2.36. The summed E-state index contributed by atoms with van der Waals surface area (Å²) in [6.07, 6.45) is 12.6. The van der Waals surface area contributed by atoms with Gasteiger partial charge in [-0.2, -0.15) is 0 Å². The predicted octanol–water partition coefficient (Wildman–Crippen LogP) is 5.80. The Hall–Kier alpha value is -2.19. The number of carbonyl (C=O) groups excluding carboxylic acids is 1. The smallest absolute Gasteiger partial charge is 0.267 e. The number of carbonyl (C=O) groups is 1. The monoisotopic (exact) mass is 512 g/mol. The highest BCUT2D eigenvalue weighted by atomic mass is 32.2. The molecule has 6 nitrogen and oxygen atoms in total. The lowest BCUT2D eigenvalue weighted by molar-refractivity contribution is -0.122. The Morgan fingerprint density at radius 2 is 1.83 bits per heavy atom. The summed E-state index contributed by atoms with van der Waals surface area (Å²) in [7, 11) is 0. The molecule has 2 aromatic heterocycles. The summed E-state index contributed by atoms with van der Waals surface area (Å²) in [4.78, 5) is 36.2. The van der Waals surface area contributed by atoms with Crippen LogP contribution in [0.1, 0.15) is 76.3 Å². The average molecular weight is 513 g/mol. The van der Waals surface area contributed by atoms with Gasteiger partial charge in [0.15, 0.2) is 0 Å². The Labute approximate surface area is 217 Å². The molecule has 2 aliphatic rings. The summed E-state index contributed by atoms with van der Waals surface area (Å²) in [5.41, 5.74) is 1.94. The number of fused-ring (bicyclic) bond motifs is 1. The van der Waals surface area contributed by atoms with E-state index in [-0.39, 0.29) is 11.5 Å². The van der Waals surface area contributed by atoms with Crippen LogP contribution in [0.2, 0.25) is 0 Å². The average Bonchev–Trinajstić information content (AvgIpc) is 3.11. The largest absolute Gasteiger partial charge is 0.356 e. The number of piperidine rings is 1. The summed E-state index contributed by atoms with van der Waals surface area (Å²) in [6, 6.07) is 3.85. The fourth-order valence-electron chi connectivity index (χ4n) is 4.71. The number of nitrogens with zero attached hydrogens (tertiary/aromatic N) is 4. The molecule has 0 spiro atoms. The van der Waals surface area contributed by atoms with Crippen LogP contribution in [0.3, 0.4) is 0 Å². The van der Waals surface area contributed by atoms with Crippen molar-refractivity contribution in [2.45, 2.75) is 72.1 Å². The van der Waals surface area contributed by atoms with Crippen LogP contribution in [0.25, 0.3) is 11.7 Å². The fraction of sp³-hybridized carbons (Fsp3) is 0.556. The Bertz CT molecular complexity index is 1180. The number of aryl methyl sites for hydroxylation is 1. The van der Waals surface area contributed by atoms with E-state index in [2.05, 4.69) is 18.7 Å². The molecule has 2 aliphatic heterocycles. The van der Waals surface area contributed by atoms with Gasteiger partial charge >= 0.3 is 0 Å². The topological polar surface area (TPSA) is 57.9 Å². The fourth-order valence-corrected chi connectivity index (χ4v) is 6.00. The van der Waals surface area contributed by atoms with E-state index in [1.54, 1.807) is 15.4 Å². The molecule has 1 amide bonds. The number of anilines is 1. The minimum absolute atomic E-state index is 0.0967. The molecular weight excluding hydrogens is 476 g/mol. The van der Waals surface area contributed by atoms with Gasteiger partial charge in [0.05, 0.1) is 10.5 Å². The molecule has 188 valence electrons. The molecule has 0 radical (unpaired) electrons. The molecule has 0 atom stereocenters. The quantitative estimate of drug-likeness (QED) is 0.240. The van der Waals surface area contributed by atoms with Crippen molar-refractivity contribution in [1.82, 2.24) is 14.3 Å². The lowest BCUT2D eigenvalue weighted by atomic mass is 9.99. The molecule has 0 aromatic carbocycles. The number of thioether (sulfide) groups is 1. The van der Waals surface area contributed by atoms with Crippen molar-refractivity contribution >= 4 is 51.7 Å². The molecule has 0 aliphatic carbocycles. The number of hydrogen-bond acceptors (Lipinski definition) is 6. The zero-order valence-electron chi connectivity index (χ0n) is 21.1. The van der Waals surface area contributed by atoms with Gasteiger partial charge < -0.3 is 4.90 Å². The molecule has 0 unspecified atom stereocenters. The molecule has 4 rings (SSSR count). The van der Waals surface area contributed by atoms with Crippen LogP contribution >= 0.6 is 24.0 Å². The summed E-state index contributed by atoms with van der Waals surface area (Å²) >= 11 is 6.84. The highest BCUT2D eigenvalue weighted by molar-refractivity contribution is 8.26. The van der Waals surface area contributed by atoms with Gasteiger partial charge in [-0.1, -0.05) is 76.0 Å². The molecule has 2 saturated heterocycles. The lowest BCUT2D eigenvalue weighted by Gasteiger charge is -2.32. The number of rotatable bonds is 9. The predicted molar refractivity (Wildman–Crippen MR) is 150 cm³/mol. The van der Waals surface area contributed by atoms with Gasteiger partial charge in [-0.25, -0.2) is 4.98 Å². The first-order chi connectivity index (χ1) is 16.9. The van der Waals surface area contributed by atoms with Crippen LogP contribution in [-0.4, -0.2) is 44.1 Å². The minimum atomic E-state index is -0.145. The van der Waals surface area contributed by atoms with Crippen molar-refractivity contribution in [3.63, 3.8) is 0 Å². The maximum atomic E-state index is 13.6. The zero-order valence-corrected chi connectivity index (χ0v) is 22.7. The second-order valence-electron chi connectivity index (χ2n) is 9.86. The third-order valence-electron chi connectivity index (χ3n) is 6.95. The van der Waals surface area contributed by atoms with Crippen molar-refractivity contribution < 1.29 is 4.79 Å². The van der Waals surface area contributed by atoms with E-state index in [9.17, 15) is 9.59 Å². The number of amides is 1. The van der Waals surface area contributed by atoms with Crippen molar-refractivity contribution in [3.8, 4) is 0 Å². The van der Waals surface area contributed by atoms with E-state index in [1.807, 2.05) is 25.3 Å². The van der Waals surface area contributed by atoms with Gasteiger partial charge in [-0.15, -0.1) is 0 Å². The normalized spacial score (nSPS) is 18.4. The van der Waals surface area contributed by atoms with Crippen LogP contribution in [0.15, 0.2) is 28.0 Å². The molecule has 4 heterocycles. The highest BCUT2D eigenvalue weighted by Gasteiger charge is 2.32. The van der Waals surface area contributed by atoms with Crippen molar-refractivity contribution in [2.75, 3.05) is 24.5 Å². The van der Waals surface area contributed by atoms with Gasteiger partial charge in [0, 0.05) is 25.8 Å². The number of aromatic nitrogens is 2. The molecule has 0 saturated carbocycles. The summed E-state index contributed by atoms with van der Waals surface area (Å²) in [5.74, 6) is 1.24. The maximum absolute atomic E-state index is 13.6. The highest BCUT2D eigenvalue weighted by Crippen LogP contribution is 2.34. The Balaban J connectivity index is 1.63. The first-order valence-corrected chi connectivity index (χ1v) is 14.1. The summed E-state index contributed by atoms with van der Waals surface area (Å²) in [6.45, 7) is 8.78. The second kappa shape index (κ2) is 11.7. The Kier molecular flexibility index (Phi) is 8.65. The van der Waals surface area contributed by atoms with Crippen LogP contribution in [-0.2, 0) is 4.79 Å². The molecule has 8 heteroatoms. The first kappa shape index (κ1) is 25.9. The number of pyridine rings is 1. The van der Waals surface area contributed by atoms with Gasteiger partial charge in [-0.05, 0) is 49.8 Å². The Morgan fingerprint density at radius 3 is 2.57 bits per heavy atom. The molecule has 0 N–H and O–H groups in total. The summed E-state index contributed by atoms with van der Waals surface area (Å²) < 4.78 is 2.17. The van der Waals surface area contributed by atoms with Gasteiger partial charge in [0.25, 0.3) is 11.5 Å². The van der Waals surface area contributed by atoms with Gasteiger partial charge in [0.1, 0.15) is 15.8 Å². The molecule has 2 fully saturated rings. The van der Waals surface area contributed by atoms with E-state index >= 15 is 0 Å². The summed E-state index contributed by atoms with van der Waals surface area (Å²) in [5, 5.41) is 0. The van der Waals surface area contributed by atoms with Crippen molar-refractivity contribution in [1.29, 1.82) is 0 Å². The van der Waals surface area contributed by atoms with Crippen molar-refractivity contribution in [3.05, 3.63) is 44.7 Å². The van der Waals surface area contributed by atoms with E-state index in [1.165, 1.54) is 37.4 Å². The van der Waals surface area contributed by atoms with E-state index in [4.69, 9.17) is 17.2 Å². The third kappa shape index (κ3) is 5.97. The van der Waals surface area contributed by atoms with Crippen LogP contribution in [0, 0.1) is 12.8 Å². The number of thiocarbonyl (C=S) groups is 1. The Morgan fingerprint density at radius 1 is 1.11 bits per heavy atom. The van der Waals surface area contributed by atoms with E-state index < -0.39 is 0 Å². The second-order valence-corrected chi connectivity index (χ2v) is 11.5. The van der Waals surface area contributed by atoms with Crippen LogP contribution in [0.5, 0.6) is 0 Å². The zero-order chi connectivity index (χ0) is 24.9.